The predicted octanol–water partition coefficient (Wildman–Crippen LogP) is 6.60. The van der Waals surface area contributed by atoms with Crippen LogP contribution in [0.2, 0.25) is 0 Å². The fraction of sp³-hybridized carbons (Fsp3) is 0.357. The highest BCUT2D eigenvalue weighted by Crippen LogP contribution is 2.40. The number of hydrogen-bond acceptors (Lipinski definition) is 5. The number of phenols is 1. The number of methoxy groups -OCH3 is 3. The van der Waals surface area contributed by atoms with E-state index < -0.39 is 0 Å². The van der Waals surface area contributed by atoms with Gasteiger partial charge in [0.1, 0.15) is 11.5 Å². The molecule has 0 aliphatic rings. The van der Waals surface area contributed by atoms with Crippen LogP contribution in [0.3, 0.4) is 0 Å². The molecule has 3 rings (SSSR count). The minimum absolute atomic E-state index is 0.101. The number of anilines is 1. The molecule has 0 amide bonds. The highest BCUT2D eigenvalue weighted by molar-refractivity contribution is 5.81. The lowest BCUT2D eigenvalue weighted by Crippen LogP contribution is -2.28. The Labute approximate surface area is 197 Å². The predicted molar refractivity (Wildman–Crippen MR) is 135 cm³/mol. The van der Waals surface area contributed by atoms with E-state index in [1.807, 2.05) is 24.3 Å². The monoisotopic (exact) mass is 449 g/mol. The molecular weight excluding hydrogens is 414 g/mol. The Bertz CT molecular complexity index is 1080. The van der Waals surface area contributed by atoms with Gasteiger partial charge in [-0.3, -0.25) is 0 Å². The third-order valence-corrected chi connectivity index (χ3v) is 6.04. The van der Waals surface area contributed by atoms with Gasteiger partial charge in [0, 0.05) is 35.3 Å². The molecule has 0 aliphatic carbocycles. The lowest BCUT2D eigenvalue weighted by atomic mass is 9.84. The van der Waals surface area contributed by atoms with Crippen LogP contribution in [0.1, 0.15) is 44.7 Å². The molecule has 0 atom stereocenters. The second-order valence-electron chi connectivity index (χ2n) is 9.19. The molecule has 0 fully saturated rings. The molecule has 176 valence electrons. The first-order valence-electron chi connectivity index (χ1n) is 11.2. The zero-order chi connectivity index (χ0) is 24.2. The van der Waals surface area contributed by atoms with Crippen molar-refractivity contribution < 1.29 is 19.3 Å². The summed E-state index contributed by atoms with van der Waals surface area (Å²) < 4.78 is 16.3. The molecule has 2 N–H and O–H groups in total. The van der Waals surface area contributed by atoms with Crippen molar-refractivity contribution in [3.63, 3.8) is 0 Å². The van der Waals surface area contributed by atoms with Crippen LogP contribution < -0.4 is 19.5 Å². The van der Waals surface area contributed by atoms with Crippen LogP contribution in [0.25, 0.3) is 11.1 Å². The zero-order valence-corrected chi connectivity index (χ0v) is 20.7. The van der Waals surface area contributed by atoms with Gasteiger partial charge < -0.3 is 24.6 Å². The molecule has 0 aromatic heterocycles. The number of aromatic hydroxyl groups is 1. The summed E-state index contributed by atoms with van der Waals surface area (Å²) in [6.07, 6.45) is 0. The normalized spacial score (nSPS) is 11.4. The quantitative estimate of drug-likeness (QED) is 0.385. The van der Waals surface area contributed by atoms with Crippen LogP contribution in [0.4, 0.5) is 5.69 Å². The molecule has 0 aliphatic heterocycles. The van der Waals surface area contributed by atoms with E-state index in [1.165, 1.54) is 5.56 Å². The Kier molecular flexibility index (Phi) is 7.42. The first kappa shape index (κ1) is 24.3. The average molecular weight is 450 g/mol. The molecule has 0 heterocycles. The van der Waals surface area contributed by atoms with Gasteiger partial charge in [0.2, 0.25) is 0 Å². The van der Waals surface area contributed by atoms with E-state index in [9.17, 15) is 5.11 Å². The van der Waals surface area contributed by atoms with Crippen molar-refractivity contribution in [1.82, 2.24) is 0 Å². The molecule has 0 radical (unpaired) electrons. The van der Waals surface area contributed by atoms with Gasteiger partial charge in [0.25, 0.3) is 0 Å². The molecule has 3 aromatic rings. The van der Waals surface area contributed by atoms with Crippen LogP contribution in [-0.2, 0) is 5.41 Å². The van der Waals surface area contributed by atoms with E-state index in [-0.39, 0.29) is 11.2 Å². The lowest BCUT2D eigenvalue weighted by molar-refractivity contribution is 0.374. The van der Waals surface area contributed by atoms with Gasteiger partial charge in [-0.2, -0.15) is 0 Å². The Morgan fingerprint density at radius 3 is 2.12 bits per heavy atom. The SMILES string of the molecule is COc1cc(OC)cc(C(C)(C)CNc2cc(O)c(OC)cc2-c2cccc(C(C)C)c2)c1. The first-order chi connectivity index (χ1) is 15.7. The van der Waals surface area contributed by atoms with Crippen LogP contribution in [-0.4, -0.2) is 33.0 Å². The topological polar surface area (TPSA) is 60.0 Å². The summed E-state index contributed by atoms with van der Waals surface area (Å²) in [5.74, 6) is 2.48. The molecule has 5 nitrogen and oxygen atoms in total. The highest BCUT2D eigenvalue weighted by Gasteiger charge is 2.23. The van der Waals surface area contributed by atoms with Gasteiger partial charge in [0.15, 0.2) is 11.5 Å². The summed E-state index contributed by atoms with van der Waals surface area (Å²) in [5.41, 5.74) is 5.00. The molecule has 0 bridgehead atoms. The number of benzene rings is 3. The largest absolute Gasteiger partial charge is 0.504 e. The van der Waals surface area contributed by atoms with Crippen LogP contribution >= 0.6 is 0 Å². The van der Waals surface area contributed by atoms with Crippen molar-refractivity contribution in [2.75, 3.05) is 33.2 Å². The third kappa shape index (κ3) is 5.54. The van der Waals surface area contributed by atoms with E-state index >= 15 is 0 Å². The minimum Gasteiger partial charge on any atom is -0.504 e. The average Bonchev–Trinajstić information content (AvgIpc) is 2.82. The van der Waals surface area contributed by atoms with Gasteiger partial charge in [-0.25, -0.2) is 0 Å². The molecule has 0 unspecified atom stereocenters. The summed E-state index contributed by atoms with van der Waals surface area (Å²) in [6, 6.07) is 18.0. The third-order valence-electron chi connectivity index (χ3n) is 6.04. The summed E-state index contributed by atoms with van der Waals surface area (Å²) in [4.78, 5) is 0. The maximum atomic E-state index is 10.5. The molecule has 0 spiro atoms. The maximum absolute atomic E-state index is 10.5. The molecular formula is C28H35NO4. The van der Waals surface area contributed by atoms with E-state index in [0.29, 0.717) is 18.2 Å². The molecule has 0 saturated carbocycles. The van der Waals surface area contributed by atoms with E-state index in [1.54, 1.807) is 27.4 Å². The summed E-state index contributed by atoms with van der Waals surface area (Å²) in [5, 5.41) is 14.1. The van der Waals surface area contributed by atoms with Gasteiger partial charge in [-0.05, 0) is 40.8 Å². The Morgan fingerprint density at radius 2 is 1.55 bits per heavy atom. The lowest BCUT2D eigenvalue weighted by Gasteiger charge is -2.28. The number of nitrogens with one attached hydrogen (secondary N) is 1. The first-order valence-corrected chi connectivity index (χ1v) is 11.2. The fourth-order valence-electron chi connectivity index (χ4n) is 3.80. The van der Waals surface area contributed by atoms with Crippen molar-refractivity contribution in [3.8, 4) is 34.1 Å². The van der Waals surface area contributed by atoms with E-state index in [2.05, 4.69) is 57.3 Å². The van der Waals surface area contributed by atoms with Crippen molar-refractivity contribution in [2.24, 2.45) is 0 Å². The van der Waals surface area contributed by atoms with Crippen molar-refractivity contribution in [1.29, 1.82) is 0 Å². The number of hydrogen-bond donors (Lipinski definition) is 2. The smallest absolute Gasteiger partial charge is 0.161 e. The zero-order valence-electron chi connectivity index (χ0n) is 20.7. The van der Waals surface area contributed by atoms with Crippen molar-refractivity contribution >= 4 is 5.69 Å². The summed E-state index contributed by atoms with van der Waals surface area (Å²) >= 11 is 0. The van der Waals surface area contributed by atoms with Crippen LogP contribution in [0, 0.1) is 0 Å². The second-order valence-corrected chi connectivity index (χ2v) is 9.19. The minimum atomic E-state index is -0.242. The van der Waals surface area contributed by atoms with Crippen LogP contribution in [0.15, 0.2) is 54.6 Å². The van der Waals surface area contributed by atoms with Gasteiger partial charge >= 0.3 is 0 Å². The number of phenolic OH excluding ortho intramolecular Hbond substituents is 1. The Morgan fingerprint density at radius 1 is 0.879 bits per heavy atom. The van der Waals surface area contributed by atoms with Crippen molar-refractivity contribution in [3.05, 3.63) is 65.7 Å². The highest BCUT2D eigenvalue weighted by atomic mass is 16.5. The number of rotatable bonds is 9. The fourth-order valence-corrected chi connectivity index (χ4v) is 3.80. The maximum Gasteiger partial charge on any atom is 0.161 e. The van der Waals surface area contributed by atoms with E-state index in [0.717, 1.165) is 33.9 Å². The molecule has 5 heteroatoms. The Hall–Kier alpha value is -3.34. The van der Waals surface area contributed by atoms with Crippen LogP contribution in [0.5, 0.6) is 23.0 Å². The summed E-state index contributed by atoms with van der Waals surface area (Å²) in [6.45, 7) is 9.32. The second kappa shape index (κ2) is 10.1. The van der Waals surface area contributed by atoms with E-state index in [4.69, 9.17) is 14.2 Å². The van der Waals surface area contributed by atoms with Gasteiger partial charge in [-0.15, -0.1) is 0 Å². The molecule has 33 heavy (non-hydrogen) atoms. The summed E-state index contributed by atoms with van der Waals surface area (Å²) in [7, 11) is 4.87. The molecule has 0 saturated heterocycles. The number of ether oxygens (including phenoxy) is 3. The Balaban J connectivity index is 1.98. The standard InChI is InChI=1S/C28H35NO4/c1-18(2)19-9-8-10-20(11-19)24-15-27(33-7)26(30)16-25(24)29-17-28(3,4)21-12-22(31-5)14-23(13-21)32-6/h8-16,18,29-30H,17H2,1-7H3. The van der Waals surface area contributed by atoms with Gasteiger partial charge in [0.05, 0.1) is 21.3 Å². The van der Waals surface area contributed by atoms with Gasteiger partial charge in [-0.1, -0.05) is 52.0 Å². The molecule has 3 aromatic carbocycles. The van der Waals surface area contributed by atoms with Crippen molar-refractivity contribution in [2.45, 2.75) is 39.0 Å².